The molecule has 0 radical (unpaired) electrons. The molecule has 1 amide bonds. The van der Waals surface area contributed by atoms with Crippen LogP contribution in [0.5, 0.6) is 5.75 Å². The highest BCUT2D eigenvalue weighted by atomic mass is 16.5. The van der Waals surface area contributed by atoms with Gasteiger partial charge in [-0.3, -0.25) is 9.48 Å². The summed E-state index contributed by atoms with van der Waals surface area (Å²) >= 11 is 0. The fourth-order valence-electron chi connectivity index (χ4n) is 4.58. The van der Waals surface area contributed by atoms with E-state index in [1.807, 2.05) is 53.9 Å². The van der Waals surface area contributed by atoms with Crippen LogP contribution >= 0.6 is 0 Å². The number of amides is 1. The van der Waals surface area contributed by atoms with Crippen LogP contribution in [0.3, 0.4) is 0 Å². The Bertz CT molecular complexity index is 793. The third-order valence-corrected chi connectivity index (χ3v) is 5.97. The summed E-state index contributed by atoms with van der Waals surface area (Å²) in [7, 11) is 2.02. The molecule has 0 spiro atoms. The van der Waals surface area contributed by atoms with Gasteiger partial charge in [-0.15, -0.1) is 0 Å². The maximum atomic E-state index is 13.3. The Balaban J connectivity index is 1.54. The molecule has 1 atom stereocenters. The fraction of sp³-hybridized carbons (Fsp3) is 0.545. The minimum atomic E-state index is -0.496. The van der Waals surface area contributed by atoms with Crippen molar-refractivity contribution < 1.29 is 9.53 Å². The van der Waals surface area contributed by atoms with E-state index in [9.17, 15) is 4.79 Å². The van der Waals surface area contributed by atoms with E-state index in [1.54, 1.807) is 0 Å². The SMILES string of the molecule is C[C@H](Oc1ccccc1)C(=O)N(Cc1nn(C)c2c1CCC2)C1CCCC1. The molecule has 2 aromatic rings. The molecule has 2 aliphatic carbocycles. The van der Waals surface area contributed by atoms with Crippen molar-refractivity contribution in [2.24, 2.45) is 7.05 Å². The molecule has 1 fully saturated rings. The number of aromatic nitrogens is 2. The van der Waals surface area contributed by atoms with Crippen molar-refractivity contribution in [2.45, 2.75) is 70.6 Å². The predicted molar refractivity (Wildman–Crippen MR) is 105 cm³/mol. The molecule has 5 nitrogen and oxygen atoms in total. The topological polar surface area (TPSA) is 47.4 Å². The summed E-state index contributed by atoms with van der Waals surface area (Å²) in [5.41, 5.74) is 3.79. The first-order chi connectivity index (χ1) is 13.1. The molecular formula is C22H29N3O2. The zero-order chi connectivity index (χ0) is 18.8. The lowest BCUT2D eigenvalue weighted by atomic mass is 10.1. The Morgan fingerprint density at radius 1 is 1.22 bits per heavy atom. The van der Waals surface area contributed by atoms with Gasteiger partial charge in [0.15, 0.2) is 6.10 Å². The van der Waals surface area contributed by atoms with Crippen molar-refractivity contribution in [3.8, 4) is 5.75 Å². The lowest BCUT2D eigenvalue weighted by molar-refractivity contribution is -0.141. The van der Waals surface area contributed by atoms with Gasteiger partial charge in [-0.25, -0.2) is 0 Å². The minimum absolute atomic E-state index is 0.0724. The number of rotatable bonds is 6. The Hall–Kier alpha value is -2.30. The monoisotopic (exact) mass is 367 g/mol. The molecule has 1 aromatic heterocycles. The van der Waals surface area contributed by atoms with Crippen LogP contribution in [0.15, 0.2) is 30.3 Å². The Morgan fingerprint density at radius 2 is 1.96 bits per heavy atom. The first-order valence-electron chi connectivity index (χ1n) is 10.2. The first-order valence-corrected chi connectivity index (χ1v) is 10.2. The maximum Gasteiger partial charge on any atom is 0.263 e. The van der Waals surface area contributed by atoms with Gasteiger partial charge < -0.3 is 9.64 Å². The van der Waals surface area contributed by atoms with Crippen LogP contribution < -0.4 is 4.74 Å². The smallest absolute Gasteiger partial charge is 0.263 e. The van der Waals surface area contributed by atoms with Crippen molar-refractivity contribution in [3.63, 3.8) is 0 Å². The van der Waals surface area contributed by atoms with E-state index < -0.39 is 6.10 Å². The Kier molecular flexibility index (Phi) is 5.19. The normalized spacial score (nSPS) is 17.7. The number of aryl methyl sites for hydroxylation is 1. The number of carbonyl (C=O) groups is 1. The summed E-state index contributed by atoms with van der Waals surface area (Å²) in [6.07, 6.45) is 7.44. The second-order valence-electron chi connectivity index (χ2n) is 7.83. The molecule has 144 valence electrons. The molecule has 0 unspecified atom stereocenters. The van der Waals surface area contributed by atoms with Gasteiger partial charge in [-0.05, 0) is 56.7 Å². The highest BCUT2D eigenvalue weighted by molar-refractivity contribution is 5.81. The van der Waals surface area contributed by atoms with Gasteiger partial charge in [-0.2, -0.15) is 5.10 Å². The third kappa shape index (κ3) is 3.73. The molecule has 1 saturated carbocycles. The Labute approximate surface area is 161 Å². The molecule has 0 bridgehead atoms. The number of para-hydroxylation sites is 1. The second kappa shape index (κ2) is 7.75. The lowest BCUT2D eigenvalue weighted by Crippen LogP contribution is -2.45. The summed E-state index contributed by atoms with van der Waals surface area (Å²) in [5.74, 6) is 0.812. The number of hydrogen-bond donors (Lipinski definition) is 0. The van der Waals surface area contributed by atoms with E-state index in [0.717, 1.165) is 37.1 Å². The zero-order valence-electron chi connectivity index (χ0n) is 16.4. The quantitative estimate of drug-likeness (QED) is 0.783. The summed E-state index contributed by atoms with van der Waals surface area (Å²) in [6.45, 7) is 2.47. The van der Waals surface area contributed by atoms with Crippen molar-refractivity contribution in [3.05, 3.63) is 47.3 Å². The van der Waals surface area contributed by atoms with Crippen LogP contribution in [-0.4, -0.2) is 32.7 Å². The number of hydrogen-bond acceptors (Lipinski definition) is 3. The number of benzene rings is 1. The van der Waals surface area contributed by atoms with E-state index in [4.69, 9.17) is 9.84 Å². The molecule has 4 rings (SSSR count). The number of ether oxygens (including phenoxy) is 1. The Morgan fingerprint density at radius 3 is 2.70 bits per heavy atom. The number of fused-ring (bicyclic) bond motifs is 1. The van der Waals surface area contributed by atoms with Crippen LogP contribution in [0.1, 0.15) is 56.0 Å². The average Bonchev–Trinajstić information content (AvgIpc) is 3.41. The van der Waals surface area contributed by atoms with Crippen molar-refractivity contribution >= 4 is 5.91 Å². The summed E-state index contributed by atoms with van der Waals surface area (Å²) in [4.78, 5) is 15.4. The van der Waals surface area contributed by atoms with Crippen molar-refractivity contribution in [1.29, 1.82) is 0 Å². The van der Waals surface area contributed by atoms with E-state index in [0.29, 0.717) is 12.6 Å². The molecule has 1 aromatic carbocycles. The largest absolute Gasteiger partial charge is 0.481 e. The summed E-state index contributed by atoms with van der Waals surface area (Å²) in [5, 5.41) is 4.75. The van der Waals surface area contributed by atoms with Crippen LogP contribution in [0.4, 0.5) is 0 Å². The average molecular weight is 367 g/mol. The zero-order valence-corrected chi connectivity index (χ0v) is 16.4. The van der Waals surface area contributed by atoms with Gasteiger partial charge in [-0.1, -0.05) is 31.0 Å². The van der Waals surface area contributed by atoms with Gasteiger partial charge >= 0.3 is 0 Å². The molecule has 0 aliphatic heterocycles. The van der Waals surface area contributed by atoms with E-state index in [-0.39, 0.29) is 5.91 Å². The molecular weight excluding hydrogens is 338 g/mol. The van der Waals surface area contributed by atoms with Gasteiger partial charge in [0, 0.05) is 18.8 Å². The maximum absolute atomic E-state index is 13.3. The third-order valence-electron chi connectivity index (χ3n) is 5.97. The summed E-state index contributed by atoms with van der Waals surface area (Å²) < 4.78 is 7.95. The minimum Gasteiger partial charge on any atom is -0.481 e. The fourth-order valence-corrected chi connectivity index (χ4v) is 4.58. The van der Waals surface area contributed by atoms with Crippen LogP contribution in [0.25, 0.3) is 0 Å². The van der Waals surface area contributed by atoms with Gasteiger partial charge in [0.25, 0.3) is 5.91 Å². The van der Waals surface area contributed by atoms with Gasteiger partial charge in [0.2, 0.25) is 0 Å². The molecule has 5 heteroatoms. The first kappa shape index (κ1) is 18.1. The summed E-state index contributed by atoms with van der Waals surface area (Å²) in [6, 6.07) is 9.91. The molecule has 0 saturated heterocycles. The molecule has 2 aliphatic rings. The predicted octanol–water partition coefficient (Wildman–Crippen LogP) is 3.65. The van der Waals surface area contributed by atoms with Crippen molar-refractivity contribution in [1.82, 2.24) is 14.7 Å². The molecule has 0 N–H and O–H groups in total. The van der Waals surface area contributed by atoms with Crippen molar-refractivity contribution in [2.75, 3.05) is 0 Å². The van der Waals surface area contributed by atoms with Gasteiger partial charge in [0.05, 0.1) is 12.2 Å². The van der Waals surface area contributed by atoms with Crippen LogP contribution in [0.2, 0.25) is 0 Å². The number of carbonyl (C=O) groups excluding carboxylic acids is 1. The van der Waals surface area contributed by atoms with Gasteiger partial charge in [0.1, 0.15) is 5.75 Å². The van der Waals surface area contributed by atoms with Crippen LogP contribution in [0, 0.1) is 0 Å². The number of nitrogens with zero attached hydrogens (tertiary/aromatic N) is 3. The van der Waals surface area contributed by atoms with E-state index in [1.165, 1.54) is 30.5 Å². The highest BCUT2D eigenvalue weighted by Crippen LogP contribution is 2.30. The second-order valence-corrected chi connectivity index (χ2v) is 7.83. The lowest BCUT2D eigenvalue weighted by Gasteiger charge is -2.31. The van der Waals surface area contributed by atoms with E-state index >= 15 is 0 Å². The van der Waals surface area contributed by atoms with Crippen LogP contribution in [-0.2, 0) is 31.2 Å². The van der Waals surface area contributed by atoms with E-state index in [2.05, 4.69) is 0 Å². The molecule has 1 heterocycles. The highest BCUT2D eigenvalue weighted by Gasteiger charge is 2.33. The molecule has 27 heavy (non-hydrogen) atoms. The standard InChI is InChI=1S/C22H29N3O2/c1-16(27-18-11-4-3-5-12-18)22(26)25(17-9-6-7-10-17)15-20-19-13-8-14-21(19)24(2)23-20/h3-5,11-12,16-17H,6-10,13-15H2,1-2H3/t16-/m0/s1.